The number of rotatable bonds is 4. The van der Waals surface area contributed by atoms with Crippen LogP contribution in [0, 0.1) is 28.6 Å². The summed E-state index contributed by atoms with van der Waals surface area (Å²) in [5, 5.41) is 13.9. The Labute approximate surface area is 216 Å². The first-order valence-corrected chi connectivity index (χ1v) is 14.8. The van der Waals surface area contributed by atoms with Crippen molar-refractivity contribution < 1.29 is 19.5 Å². The van der Waals surface area contributed by atoms with Crippen LogP contribution in [0.3, 0.4) is 0 Å². The molecule has 5 unspecified atom stereocenters. The highest BCUT2D eigenvalue weighted by atomic mass is 32.2. The lowest BCUT2D eigenvalue weighted by atomic mass is 9.46. The Morgan fingerprint density at radius 2 is 1.94 bits per heavy atom. The molecule has 3 fully saturated rings. The second kappa shape index (κ2) is 8.35. The molecule has 5 rings (SSSR count). The number of carbonyl (C=O) groups is 3. The molecule has 0 spiro atoms. The van der Waals surface area contributed by atoms with E-state index in [-0.39, 0.29) is 58.1 Å². The van der Waals surface area contributed by atoms with Crippen molar-refractivity contribution in [1.29, 1.82) is 0 Å². The first-order valence-electron chi connectivity index (χ1n) is 12.9. The Kier molecular flexibility index (Phi) is 6.05. The van der Waals surface area contributed by atoms with E-state index in [1.54, 1.807) is 17.4 Å². The highest BCUT2D eigenvalue weighted by Gasteiger charge is 2.68. The number of allylic oxidation sites excluding steroid dienone is 1. The van der Waals surface area contributed by atoms with Crippen molar-refractivity contribution in [3.63, 3.8) is 0 Å². The predicted octanol–water partition coefficient (Wildman–Crippen LogP) is 5.54. The van der Waals surface area contributed by atoms with Crippen molar-refractivity contribution in [3.8, 4) is 0 Å². The molecule has 1 aromatic rings. The van der Waals surface area contributed by atoms with Gasteiger partial charge in [-0.15, -0.1) is 11.3 Å². The van der Waals surface area contributed by atoms with E-state index in [1.807, 2.05) is 12.3 Å². The Morgan fingerprint density at radius 3 is 2.63 bits per heavy atom. The summed E-state index contributed by atoms with van der Waals surface area (Å²) in [5.41, 5.74) is -0.354. The second-order valence-corrected chi connectivity index (χ2v) is 14.8. The third kappa shape index (κ3) is 3.83. The normalized spacial score (nSPS) is 39.0. The Hall–Kier alpha value is -1.31. The summed E-state index contributed by atoms with van der Waals surface area (Å²) in [6.45, 7) is 10.5. The third-order valence-corrected chi connectivity index (χ3v) is 11.9. The molecule has 1 heterocycles. The lowest BCUT2D eigenvalue weighted by Crippen LogP contribution is -2.60. The van der Waals surface area contributed by atoms with Crippen LogP contribution in [0.4, 0.5) is 0 Å². The number of aromatic nitrogens is 1. The van der Waals surface area contributed by atoms with E-state index in [2.05, 4.69) is 32.7 Å². The number of thiazole rings is 1. The molecule has 0 bridgehead atoms. The minimum Gasteiger partial charge on any atom is -0.381 e. The summed E-state index contributed by atoms with van der Waals surface area (Å²) in [6.07, 6.45) is 6.18. The number of carbonyl (C=O) groups excluding carboxylic acids is 3. The molecule has 0 radical (unpaired) electrons. The molecular weight excluding hydrogens is 478 g/mol. The molecule has 190 valence electrons. The Bertz CT molecular complexity index is 1120. The van der Waals surface area contributed by atoms with Gasteiger partial charge in [-0.05, 0) is 55.4 Å². The molecular formula is C28H37NO4S2. The Balaban J connectivity index is 1.36. The number of nitrogens with zero attached hydrogens (tertiary/aromatic N) is 1. The summed E-state index contributed by atoms with van der Waals surface area (Å²) in [6, 6.07) is 0. The van der Waals surface area contributed by atoms with Crippen molar-refractivity contribution in [3.05, 3.63) is 22.7 Å². The molecule has 6 atom stereocenters. The number of thioether (sulfide) groups is 1. The van der Waals surface area contributed by atoms with Crippen molar-refractivity contribution in [2.45, 2.75) is 94.9 Å². The van der Waals surface area contributed by atoms with Crippen LogP contribution in [-0.2, 0) is 19.8 Å². The summed E-state index contributed by atoms with van der Waals surface area (Å²) in [4.78, 5) is 44.1. The zero-order chi connectivity index (χ0) is 25.4. The van der Waals surface area contributed by atoms with E-state index in [0.717, 1.165) is 41.3 Å². The van der Waals surface area contributed by atoms with E-state index in [1.165, 1.54) is 11.8 Å². The van der Waals surface area contributed by atoms with Gasteiger partial charge in [-0.25, -0.2) is 4.98 Å². The average Bonchev–Trinajstić information content (AvgIpc) is 3.36. The van der Waals surface area contributed by atoms with Gasteiger partial charge in [0, 0.05) is 35.0 Å². The van der Waals surface area contributed by atoms with Gasteiger partial charge in [-0.2, -0.15) is 0 Å². The number of ketones is 3. The number of fused-ring (bicyclic) bond motifs is 5. The van der Waals surface area contributed by atoms with Gasteiger partial charge in [-0.3, -0.25) is 14.4 Å². The van der Waals surface area contributed by atoms with Gasteiger partial charge in [-0.1, -0.05) is 52.0 Å². The fourth-order valence-electron chi connectivity index (χ4n) is 7.76. The van der Waals surface area contributed by atoms with Gasteiger partial charge in [0.2, 0.25) is 0 Å². The predicted molar refractivity (Wildman–Crippen MR) is 139 cm³/mol. The molecule has 7 heteroatoms. The van der Waals surface area contributed by atoms with Gasteiger partial charge in [0.15, 0.2) is 15.9 Å². The minimum atomic E-state index is -1.48. The smallest absolute Gasteiger partial charge is 0.175 e. The molecule has 3 saturated carbocycles. The largest absolute Gasteiger partial charge is 0.381 e. The van der Waals surface area contributed by atoms with Crippen molar-refractivity contribution in [2.75, 3.05) is 5.75 Å². The maximum absolute atomic E-state index is 13.8. The van der Waals surface area contributed by atoms with Crippen LogP contribution < -0.4 is 0 Å². The van der Waals surface area contributed by atoms with Crippen LogP contribution in [0.15, 0.2) is 21.4 Å². The first-order chi connectivity index (χ1) is 16.3. The van der Waals surface area contributed by atoms with Gasteiger partial charge >= 0.3 is 0 Å². The molecule has 4 aliphatic rings. The molecule has 35 heavy (non-hydrogen) atoms. The van der Waals surface area contributed by atoms with Crippen molar-refractivity contribution in [2.24, 2.45) is 28.6 Å². The van der Waals surface area contributed by atoms with Crippen LogP contribution in [0.5, 0.6) is 0 Å². The molecule has 1 N–H and O–H groups in total. The molecule has 0 saturated heterocycles. The van der Waals surface area contributed by atoms with Gasteiger partial charge in [0.05, 0.1) is 11.4 Å². The average molecular weight is 516 g/mol. The summed E-state index contributed by atoms with van der Waals surface area (Å²) < 4.78 is 0.845. The third-order valence-electron chi connectivity index (χ3n) is 9.85. The summed E-state index contributed by atoms with van der Waals surface area (Å²) in [5.74, 6) is 0.560. The molecule has 0 aromatic carbocycles. The van der Waals surface area contributed by atoms with E-state index >= 15 is 0 Å². The van der Waals surface area contributed by atoms with E-state index in [4.69, 9.17) is 0 Å². The first kappa shape index (κ1) is 25.3. The summed E-state index contributed by atoms with van der Waals surface area (Å²) >= 11 is 2.94. The molecule has 0 amide bonds. The van der Waals surface area contributed by atoms with Crippen molar-refractivity contribution >= 4 is 40.4 Å². The highest BCUT2D eigenvalue weighted by molar-refractivity contribution is 8.01. The van der Waals surface area contributed by atoms with Crippen molar-refractivity contribution in [1.82, 2.24) is 4.98 Å². The van der Waals surface area contributed by atoms with Crippen LogP contribution in [0.2, 0.25) is 0 Å². The van der Waals surface area contributed by atoms with E-state index < -0.39 is 11.0 Å². The lowest BCUT2D eigenvalue weighted by molar-refractivity contribution is -0.167. The van der Waals surface area contributed by atoms with E-state index in [9.17, 15) is 19.5 Å². The van der Waals surface area contributed by atoms with E-state index in [0.29, 0.717) is 12.8 Å². The lowest BCUT2D eigenvalue weighted by Gasteiger charge is -2.57. The highest BCUT2D eigenvalue weighted by Crippen LogP contribution is 2.66. The van der Waals surface area contributed by atoms with Crippen LogP contribution in [0.1, 0.15) is 85.3 Å². The second-order valence-electron chi connectivity index (χ2n) is 12.8. The summed E-state index contributed by atoms with van der Waals surface area (Å²) in [7, 11) is 0. The zero-order valence-electron chi connectivity index (χ0n) is 21.5. The number of Topliss-reactive ketones (excluding diaryl/α,β-unsaturated/α-hetero) is 2. The van der Waals surface area contributed by atoms with Crippen LogP contribution in [-0.4, -0.2) is 38.8 Å². The molecule has 5 nitrogen and oxygen atoms in total. The quantitative estimate of drug-likeness (QED) is 0.530. The maximum atomic E-state index is 13.8. The molecule has 4 aliphatic carbocycles. The minimum absolute atomic E-state index is 0.0417. The molecule has 0 aliphatic heterocycles. The van der Waals surface area contributed by atoms with Crippen LogP contribution >= 0.6 is 23.1 Å². The number of hydrogen-bond acceptors (Lipinski definition) is 7. The van der Waals surface area contributed by atoms with Gasteiger partial charge in [0.1, 0.15) is 11.4 Å². The number of aliphatic hydroxyl groups is 1. The Morgan fingerprint density at radius 1 is 1.20 bits per heavy atom. The van der Waals surface area contributed by atoms with Crippen LogP contribution in [0.25, 0.3) is 0 Å². The van der Waals surface area contributed by atoms with Gasteiger partial charge in [0.25, 0.3) is 0 Å². The number of hydrogen-bond donors (Lipinski definition) is 1. The molecule has 1 aromatic heterocycles. The zero-order valence-corrected chi connectivity index (χ0v) is 23.1. The monoisotopic (exact) mass is 515 g/mol. The standard InChI is InChI=1S/C28H37NO4S2/c1-25(2,3)21-14-34-24(29-21)35-15-22(32)28(33)11-9-19-18-7-6-16-12-17(30)8-10-26(16,4)23(18)20(31)13-27(19,28)5/h12,14,18-19,23,33H,6-11,13,15H2,1-5H3/t18?,19?,23?,26?,27?,28-/m0/s1. The SMILES string of the molecule is CC(C)(C)c1csc(SCC(=O)[C@@]2(O)CCC3C4CCC5=CC(=O)CCC5(C)C4C(=O)CC32C)n1. The topological polar surface area (TPSA) is 84.3 Å². The van der Waals surface area contributed by atoms with Gasteiger partial charge < -0.3 is 5.11 Å². The maximum Gasteiger partial charge on any atom is 0.175 e. The fraction of sp³-hybridized carbons (Fsp3) is 0.714. The fourth-order valence-corrected chi connectivity index (χ4v) is 9.78.